The number of carbonyl (C=O) groups is 1. The van der Waals surface area contributed by atoms with Crippen LogP contribution in [0.25, 0.3) is 11.1 Å². The number of methoxy groups -OCH3 is 1. The second-order valence-electron chi connectivity index (χ2n) is 4.22. The maximum atomic E-state index is 13.1. The Morgan fingerprint density at radius 1 is 1.10 bits per heavy atom. The van der Waals surface area contributed by atoms with Crippen molar-refractivity contribution in [3.05, 3.63) is 58.1 Å². The van der Waals surface area contributed by atoms with Crippen molar-refractivity contribution in [3.8, 4) is 11.1 Å². The molecule has 0 fully saturated rings. The van der Waals surface area contributed by atoms with E-state index in [1.165, 1.54) is 37.4 Å². The molecule has 0 saturated carbocycles. The summed E-state index contributed by atoms with van der Waals surface area (Å²) in [5.41, 5.74) is -0.610. The van der Waals surface area contributed by atoms with Crippen LogP contribution in [0.15, 0.2) is 46.9 Å². The highest BCUT2D eigenvalue weighted by Gasteiger charge is 2.34. The summed E-state index contributed by atoms with van der Waals surface area (Å²) >= 11 is 3.21. The SMILES string of the molecule is COC(=O)c1ccc(Br)cc1-c1ccccc1C(F)(F)F. The first-order valence-corrected chi connectivity index (χ1v) is 6.68. The second-order valence-corrected chi connectivity index (χ2v) is 5.14. The number of hydrogen-bond acceptors (Lipinski definition) is 2. The molecule has 0 unspecified atom stereocenters. The van der Waals surface area contributed by atoms with Crippen LogP contribution in [-0.2, 0) is 10.9 Å². The summed E-state index contributed by atoms with van der Waals surface area (Å²) < 4.78 is 44.6. The zero-order valence-corrected chi connectivity index (χ0v) is 12.5. The third kappa shape index (κ3) is 3.26. The summed E-state index contributed by atoms with van der Waals surface area (Å²) in [6, 6.07) is 9.59. The fraction of sp³-hybridized carbons (Fsp3) is 0.133. The average Bonchev–Trinajstić information content (AvgIpc) is 2.45. The summed E-state index contributed by atoms with van der Waals surface area (Å²) in [5.74, 6) is -0.686. The van der Waals surface area contributed by atoms with Crippen LogP contribution in [0.5, 0.6) is 0 Å². The number of carbonyl (C=O) groups excluding carboxylic acids is 1. The van der Waals surface area contributed by atoms with Gasteiger partial charge in [0.2, 0.25) is 0 Å². The molecular weight excluding hydrogens is 349 g/mol. The lowest BCUT2D eigenvalue weighted by Gasteiger charge is -2.15. The number of rotatable bonds is 2. The molecule has 0 N–H and O–H groups in total. The van der Waals surface area contributed by atoms with Crippen LogP contribution in [-0.4, -0.2) is 13.1 Å². The molecular formula is C15H10BrF3O2. The van der Waals surface area contributed by atoms with Gasteiger partial charge in [0.25, 0.3) is 0 Å². The maximum Gasteiger partial charge on any atom is 0.417 e. The monoisotopic (exact) mass is 358 g/mol. The summed E-state index contributed by atoms with van der Waals surface area (Å²) in [4.78, 5) is 11.8. The van der Waals surface area contributed by atoms with Crippen molar-refractivity contribution in [2.75, 3.05) is 7.11 Å². The molecule has 2 aromatic carbocycles. The average molecular weight is 359 g/mol. The first-order valence-electron chi connectivity index (χ1n) is 5.89. The van der Waals surface area contributed by atoms with E-state index in [9.17, 15) is 18.0 Å². The largest absolute Gasteiger partial charge is 0.465 e. The highest BCUT2D eigenvalue weighted by atomic mass is 79.9. The van der Waals surface area contributed by atoms with Gasteiger partial charge >= 0.3 is 12.1 Å². The molecule has 0 radical (unpaired) electrons. The van der Waals surface area contributed by atoms with Crippen molar-refractivity contribution >= 4 is 21.9 Å². The first-order chi connectivity index (χ1) is 9.84. The Bertz CT molecular complexity index is 681. The van der Waals surface area contributed by atoms with Gasteiger partial charge in [-0.05, 0) is 35.4 Å². The molecule has 0 bridgehead atoms. The molecule has 0 heterocycles. The topological polar surface area (TPSA) is 26.3 Å². The Balaban J connectivity index is 2.73. The van der Waals surface area contributed by atoms with Crippen LogP contribution in [0.2, 0.25) is 0 Å². The number of alkyl halides is 3. The molecule has 0 spiro atoms. The van der Waals surface area contributed by atoms with E-state index in [-0.39, 0.29) is 16.7 Å². The molecule has 0 saturated heterocycles. The third-order valence-electron chi connectivity index (χ3n) is 2.91. The Morgan fingerprint density at radius 3 is 2.38 bits per heavy atom. The summed E-state index contributed by atoms with van der Waals surface area (Å²) in [6.45, 7) is 0. The predicted octanol–water partition coefficient (Wildman–Crippen LogP) is 4.92. The van der Waals surface area contributed by atoms with E-state index in [2.05, 4.69) is 20.7 Å². The Labute approximate surface area is 127 Å². The molecule has 0 amide bonds. The van der Waals surface area contributed by atoms with Crippen LogP contribution < -0.4 is 0 Å². The molecule has 2 nitrogen and oxygen atoms in total. The van der Waals surface area contributed by atoms with E-state index in [0.717, 1.165) is 6.07 Å². The number of esters is 1. The Kier molecular flexibility index (Phi) is 4.37. The summed E-state index contributed by atoms with van der Waals surface area (Å²) in [7, 11) is 1.18. The van der Waals surface area contributed by atoms with E-state index < -0.39 is 17.7 Å². The lowest BCUT2D eigenvalue weighted by Crippen LogP contribution is -2.09. The van der Waals surface area contributed by atoms with Gasteiger partial charge in [-0.2, -0.15) is 13.2 Å². The van der Waals surface area contributed by atoms with Gasteiger partial charge in [0.1, 0.15) is 0 Å². The van der Waals surface area contributed by atoms with Gasteiger partial charge in [-0.15, -0.1) is 0 Å². The normalized spacial score (nSPS) is 11.3. The van der Waals surface area contributed by atoms with Crippen molar-refractivity contribution in [2.24, 2.45) is 0 Å². The quantitative estimate of drug-likeness (QED) is 0.712. The Morgan fingerprint density at radius 2 is 1.76 bits per heavy atom. The van der Waals surface area contributed by atoms with Crippen molar-refractivity contribution < 1.29 is 22.7 Å². The number of ether oxygens (including phenoxy) is 1. The Hall–Kier alpha value is -1.82. The van der Waals surface area contributed by atoms with Crippen LogP contribution in [0.3, 0.4) is 0 Å². The lowest BCUT2D eigenvalue weighted by atomic mass is 9.95. The first kappa shape index (κ1) is 15.6. The van der Waals surface area contributed by atoms with Crippen LogP contribution in [0, 0.1) is 0 Å². The maximum absolute atomic E-state index is 13.1. The van der Waals surface area contributed by atoms with E-state index in [0.29, 0.717) is 4.47 Å². The zero-order valence-electron chi connectivity index (χ0n) is 10.9. The lowest BCUT2D eigenvalue weighted by molar-refractivity contribution is -0.137. The predicted molar refractivity (Wildman–Crippen MR) is 75.9 cm³/mol. The molecule has 0 atom stereocenters. The van der Waals surface area contributed by atoms with Crippen LogP contribution in [0.4, 0.5) is 13.2 Å². The standard InChI is InChI=1S/C15H10BrF3O2/c1-21-14(20)11-7-6-9(16)8-12(11)10-4-2-3-5-13(10)15(17,18)19/h2-8H,1H3. The van der Waals surface area contributed by atoms with Gasteiger partial charge in [-0.1, -0.05) is 34.1 Å². The minimum Gasteiger partial charge on any atom is -0.465 e. The fourth-order valence-corrected chi connectivity index (χ4v) is 2.35. The van der Waals surface area contributed by atoms with Gasteiger partial charge in [0.05, 0.1) is 18.2 Å². The van der Waals surface area contributed by atoms with E-state index in [1.54, 1.807) is 6.07 Å². The molecule has 21 heavy (non-hydrogen) atoms. The molecule has 110 valence electrons. The third-order valence-corrected chi connectivity index (χ3v) is 3.40. The van der Waals surface area contributed by atoms with Crippen molar-refractivity contribution in [2.45, 2.75) is 6.18 Å². The van der Waals surface area contributed by atoms with Gasteiger partial charge in [0, 0.05) is 4.47 Å². The molecule has 0 aliphatic heterocycles. The smallest absolute Gasteiger partial charge is 0.417 e. The van der Waals surface area contributed by atoms with Crippen LogP contribution in [0.1, 0.15) is 15.9 Å². The molecule has 6 heteroatoms. The van der Waals surface area contributed by atoms with Gasteiger partial charge in [-0.3, -0.25) is 0 Å². The van der Waals surface area contributed by atoms with E-state index in [4.69, 9.17) is 0 Å². The minimum absolute atomic E-state index is 0.0632. The van der Waals surface area contributed by atoms with E-state index >= 15 is 0 Å². The van der Waals surface area contributed by atoms with Crippen molar-refractivity contribution in [1.82, 2.24) is 0 Å². The zero-order chi connectivity index (χ0) is 15.6. The molecule has 0 aliphatic carbocycles. The number of benzene rings is 2. The fourth-order valence-electron chi connectivity index (χ4n) is 1.99. The van der Waals surface area contributed by atoms with E-state index in [1.807, 2.05) is 0 Å². The molecule has 0 aliphatic rings. The van der Waals surface area contributed by atoms with Gasteiger partial charge in [-0.25, -0.2) is 4.79 Å². The van der Waals surface area contributed by atoms with Gasteiger partial charge in [0.15, 0.2) is 0 Å². The summed E-state index contributed by atoms with van der Waals surface area (Å²) in [6.07, 6.45) is -4.51. The minimum atomic E-state index is -4.51. The second kappa shape index (κ2) is 5.89. The summed E-state index contributed by atoms with van der Waals surface area (Å²) in [5, 5.41) is 0. The van der Waals surface area contributed by atoms with Gasteiger partial charge < -0.3 is 4.74 Å². The molecule has 2 aromatic rings. The number of halogens is 4. The van der Waals surface area contributed by atoms with Crippen molar-refractivity contribution in [1.29, 1.82) is 0 Å². The number of hydrogen-bond donors (Lipinski definition) is 0. The highest BCUT2D eigenvalue weighted by molar-refractivity contribution is 9.10. The van der Waals surface area contributed by atoms with Crippen molar-refractivity contribution in [3.63, 3.8) is 0 Å². The molecule has 0 aromatic heterocycles. The van der Waals surface area contributed by atoms with Crippen LogP contribution >= 0.6 is 15.9 Å². The molecule has 2 rings (SSSR count). The highest BCUT2D eigenvalue weighted by Crippen LogP contribution is 2.39.